The van der Waals surface area contributed by atoms with E-state index in [4.69, 9.17) is 10.3 Å². The molecule has 1 aliphatic heterocycles. The third-order valence-corrected chi connectivity index (χ3v) is 5.02. The number of aromatic nitrogens is 2. The second kappa shape index (κ2) is 5.54. The van der Waals surface area contributed by atoms with E-state index in [-0.39, 0.29) is 0 Å². The fourth-order valence-corrected chi connectivity index (χ4v) is 3.73. The summed E-state index contributed by atoms with van der Waals surface area (Å²) >= 11 is 5.33. The first-order valence-electron chi connectivity index (χ1n) is 6.24. The first kappa shape index (κ1) is 13.0. The SMILES string of the molecule is Nc1ccc(Br)cc1-c1nc(C2CCCCS2)no1. The Morgan fingerprint density at radius 2 is 2.26 bits per heavy atom. The largest absolute Gasteiger partial charge is 0.398 e. The molecule has 0 saturated carbocycles. The lowest BCUT2D eigenvalue weighted by Crippen LogP contribution is -2.03. The Hall–Kier alpha value is -1.01. The molecule has 0 spiro atoms. The fraction of sp³-hybridized carbons (Fsp3) is 0.385. The molecule has 0 bridgehead atoms. The van der Waals surface area contributed by atoms with E-state index in [1.807, 2.05) is 30.0 Å². The summed E-state index contributed by atoms with van der Waals surface area (Å²) in [5, 5.41) is 4.47. The van der Waals surface area contributed by atoms with Gasteiger partial charge in [0.05, 0.1) is 10.8 Å². The van der Waals surface area contributed by atoms with Crippen molar-refractivity contribution in [2.24, 2.45) is 0 Å². The van der Waals surface area contributed by atoms with E-state index in [2.05, 4.69) is 26.1 Å². The second-order valence-corrected chi connectivity index (χ2v) is 6.77. The highest BCUT2D eigenvalue weighted by Crippen LogP contribution is 2.38. The van der Waals surface area contributed by atoms with E-state index in [1.165, 1.54) is 18.6 Å². The molecule has 2 aromatic rings. The topological polar surface area (TPSA) is 64.9 Å². The van der Waals surface area contributed by atoms with Crippen molar-refractivity contribution in [3.63, 3.8) is 0 Å². The number of hydrogen-bond acceptors (Lipinski definition) is 5. The van der Waals surface area contributed by atoms with Crippen LogP contribution in [0.1, 0.15) is 30.3 Å². The fourth-order valence-electron chi connectivity index (χ4n) is 2.13. The molecule has 6 heteroatoms. The summed E-state index contributed by atoms with van der Waals surface area (Å²) < 4.78 is 6.31. The van der Waals surface area contributed by atoms with E-state index in [9.17, 15) is 0 Å². The van der Waals surface area contributed by atoms with E-state index in [1.54, 1.807) is 0 Å². The van der Waals surface area contributed by atoms with Gasteiger partial charge in [-0.15, -0.1) is 0 Å². The summed E-state index contributed by atoms with van der Waals surface area (Å²) in [6.45, 7) is 0. The molecule has 1 aliphatic rings. The summed E-state index contributed by atoms with van der Waals surface area (Å²) in [5.74, 6) is 2.46. The molecule has 2 N–H and O–H groups in total. The van der Waals surface area contributed by atoms with Gasteiger partial charge in [-0.3, -0.25) is 0 Å². The maximum atomic E-state index is 5.96. The molecule has 3 rings (SSSR count). The van der Waals surface area contributed by atoms with Crippen molar-refractivity contribution in [3.05, 3.63) is 28.5 Å². The van der Waals surface area contributed by atoms with Crippen LogP contribution in [-0.4, -0.2) is 15.9 Å². The zero-order valence-electron chi connectivity index (χ0n) is 10.3. The molecule has 19 heavy (non-hydrogen) atoms. The molecule has 100 valence electrons. The predicted molar refractivity (Wildman–Crippen MR) is 80.9 cm³/mol. The Balaban J connectivity index is 1.89. The number of rotatable bonds is 2. The average molecular weight is 340 g/mol. The predicted octanol–water partition coefficient (Wildman–Crippen LogP) is 4.04. The van der Waals surface area contributed by atoms with Gasteiger partial charge >= 0.3 is 0 Å². The monoisotopic (exact) mass is 339 g/mol. The van der Waals surface area contributed by atoms with Gasteiger partial charge in [0.15, 0.2) is 5.82 Å². The number of nitrogens with zero attached hydrogens (tertiary/aromatic N) is 2. The third kappa shape index (κ3) is 2.79. The molecule has 1 unspecified atom stereocenters. The summed E-state index contributed by atoms with van der Waals surface area (Å²) in [5.41, 5.74) is 7.39. The number of benzene rings is 1. The minimum absolute atomic E-state index is 0.361. The van der Waals surface area contributed by atoms with Gasteiger partial charge in [0, 0.05) is 10.2 Å². The lowest BCUT2D eigenvalue weighted by molar-refractivity contribution is 0.420. The zero-order valence-corrected chi connectivity index (χ0v) is 12.7. The number of nitrogens with two attached hydrogens (primary N) is 1. The maximum absolute atomic E-state index is 5.96. The van der Waals surface area contributed by atoms with Gasteiger partial charge in [-0.2, -0.15) is 16.7 Å². The lowest BCUT2D eigenvalue weighted by Gasteiger charge is -2.17. The van der Waals surface area contributed by atoms with Crippen LogP contribution in [0, 0.1) is 0 Å². The summed E-state index contributed by atoms with van der Waals surface area (Å²) in [4.78, 5) is 4.51. The Kier molecular flexibility index (Phi) is 3.79. The van der Waals surface area contributed by atoms with Crippen molar-refractivity contribution in [3.8, 4) is 11.5 Å². The van der Waals surface area contributed by atoms with Crippen LogP contribution < -0.4 is 5.73 Å². The van der Waals surface area contributed by atoms with Crippen molar-refractivity contribution in [1.29, 1.82) is 0 Å². The van der Waals surface area contributed by atoms with Crippen molar-refractivity contribution < 1.29 is 4.52 Å². The standard InChI is InChI=1S/C13H14BrN3OS/c14-8-4-5-10(15)9(7-8)13-16-12(17-18-13)11-3-1-2-6-19-11/h4-5,7,11H,1-3,6,15H2. The van der Waals surface area contributed by atoms with Crippen LogP contribution in [0.15, 0.2) is 27.2 Å². The van der Waals surface area contributed by atoms with Gasteiger partial charge in [-0.05, 0) is 36.8 Å². The van der Waals surface area contributed by atoms with Gasteiger partial charge < -0.3 is 10.3 Å². The normalized spacial score (nSPS) is 19.5. The van der Waals surface area contributed by atoms with Crippen LogP contribution in [0.2, 0.25) is 0 Å². The quantitative estimate of drug-likeness (QED) is 0.836. The lowest BCUT2D eigenvalue weighted by atomic mass is 10.1. The van der Waals surface area contributed by atoms with Crippen LogP contribution >= 0.6 is 27.7 Å². The molecule has 1 aromatic heterocycles. The second-order valence-electron chi connectivity index (χ2n) is 4.54. The van der Waals surface area contributed by atoms with Crippen LogP contribution in [0.5, 0.6) is 0 Å². The maximum Gasteiger partial charge on any atom is 0.260 e. The Morgan fingerprint density at radius 3 is 3.05 bits per heavy atom. The smallest absolute Gasteiger partial charge is 0.260 e. The van der Waals surface area contributed by atoms with E-state index >= 15 is 0 Å². The number of anilines is 1. The molecular formula is C13H14BrN3OS. The molecule has 0 aliphatic carbocycles. The van der Waals surface area contributed by atoms with Gasteiger partial charge in [-0.1, -0.05) is 27.5 Å². The first-order chi connectivity index (χ1) is 9.24. The first-order valence-corrected chi connectivity index (χ1v) is 8.09. The van der Waals surface area contributed by atoms with Crippen LogP contribution in [0.3, 0.4) is 0 Å². The molecule has 0 radical (unpaired) electrons. The minimum atomic E-state index is 0.361. The Morgan fingerprint density at radius 1 is 1.37 bits per heavy atom. The van der Waals surface area contributed by atoms with E-state index in [0.29, 0.717) is 16.8 Å². The summed E-state index contributed by atoms with van der Waals surface area (Å²) in [7, 11) is 0. The highest BCUT2D eigenvalue weighted by atomic mass is 79.9. The van der Waals surface area contributed by atoms with Crippen molar-refractivity contribution in [2.45, 2.75) is 24.5 Å². The number of hydrogen-bond donors (Lipinski definition) is 1. The third-order valence-electron chi connectivity index (χ3n) is 3.16. The Labute approximate surface area is 124 Å². The number of halogens is 1. The van der Waals surface area contributed by atoms with Gasteiger partial charge in [-0.25, -0.2) is 0 Å². The molecule has 1 saturated heterocycles. The Bertz CT molecular complexity index is 581. The molecule has 1 fully saturated rings. The number of thioether (sulfide) groups is 1. The molecule has 1 atom stereocenters. The van der Waals surface area contributed by atoms with Gasteiger partial charge in [0.2, 0.25) is 0 Å². The van der Waals surface area contributed by atoms with Gasteiger partial charge in [0.25, 0.3) is 5.89 Å². The van der Waals surface area contributed by atoms with Crippen LogP contribution in [0.25, 0.3) is 11.5 Å². The van der Waals surface area contributed by atoms with Crippen molar-refractivity contribution >= 4 is 33.4 Å². The summed E-state index contributed by atoms with van der Waals surface area (Å²) in [6, 6.07) is 5.63. The molecular weight excluding hydrogens is 326 g/mol. The van der Waals surface area contributed by atoms with Crippen molar-refractivity contribution in [2.75, 3.05) is 11.5 Å². The number of nitrogen functional groups attached to an aromatic ring is 1. The van der Waals surface area contributed by atoms with Crippen LogP contribution in [-0.2, 0) is 0 Å². The summed E-state index contributed by atoms with van der Waals surface area (Å²) in [6.07, 6.45) is 3.64. The molecule has 2 heterocycles. The molecule has 1 aromatic carbocycles. The molecule has 4 nitrogen and oxygen atoms in total. The highest BCUT2D eigenvalue weighted by molar-refractivity contribution is 9.10. The average Bonchev–Trinajstić information content (AvgIpc) is 2.92. The van der Waals surface area contributed by atoms with Gasteiger partial charge in [0.1, 0.15) is 0 Å². The minimum Gasteiger partial charge on any atom is -0.398 e. The van der Waals surface area contributed by atoms with E-state index < -0.39 is 0 Å². The zero-order chi connectivity index (χ0) is 13.2. The van der Waals surface area contributed by atoms with Crippen molar-refractivity contribution in [1.82, 2.24) is 10.1 Å². The highest BCUT2D eigenvalue weighted by Gasteiger charge is 2.22. The van der Waals surface area contributed by atoms with E-state index in [0.717, 1.165) is 22.3 Å². The van der Waals surface area contributed by atoms with Crippen LogP contribution in [0.4, 0.5) is 5.69 Å². The molecule has 0 amide bonds.